The van der Waals surface area contributed by atoms with Crippen molar-refractivity contribution in [2.75, 3.05) is 26.2 Å². The summed E-state index contributed by atoms with van der Waals surface area (Å²) in [4.78, 5) is 17.3. The molecule has 2 heterocycles. The van der Waals surface area contributed by atoms with Crippen molar-refractivity contribution in [3.8, 4) is 0 Å². The van der Waals surface area contributed by atoms with E-state index in [0.29, 0.717) is 24.0 Å². The molecular formula is C25H33N3O. The zero-order valence-corrected chi connectivity index (χ0v) is 17.7. The topological polar surface area (TPSA) is 35.6 Å². The van der Waals surface area contributed by atoms with Gasteiger partial charge in [-0.05, 0) is 44.2 Å². The lowest BCUT2D eigenvalue weighted by Crippen LogP contribution is -2.64. The SMILES string of the molecule is CC(C)N1CC2(CCN(C(=O)NCCc3ccccc3)CC2)C1c1ccccc1. The molecule has 154 valence electrons. The summed E-state index contributed by atoms with van der Waals surface area (Å²) in [5.41, 5.74) is 3.00. The second kappa shape index (κ2) is 8.58. The summed E-state index contributed by atoms with van der Waals surface area (Å²) in [5, 5.41) is 3.11. The number of carbonyl (C=O) groups is 1. The van der Waals surface area contributed by atoms with Gasteiger partial charge in [0.1, 0.15) is 0 Å². The van der Waals surface area contributed by atoms with Crippen molar-refractivity contribution in [3.63, 3.8) is 0 Å². The van der Waals surface area contributed by atoms with Crippen molar-refractivity contribution in [2.45, 2.75) is 45.2 Å². The van der Waals surface area contributed by atoms with E-state index in [1.165, 1.54) is 11.1 Å². The number of benzene rings is 2. The number of rotatable bonds is 5. The van der Waals surface area contributed by atoms with Gasteiger partial charge in [0.15, 0.2) is 0 Å². The monoisotopic (exact) mass is 391 g/mol. The van der Waals surface area contributed by atoms with Crippen molar-refractivity contribution in [2.24, 2.45) is 5.41 Å². The van der Waals surface area contributed by atoms with Crippen molar-refractivity contribution in [3.05, 3.63) is 71.8 Å². The van der Waals surface area contributed by atoms with Gasteiger partial charge in [-0.15, -0.1) is 0 Å². The van der Waals surface area contributed by atoms with Gasteiger partial charge in [-0.1, -0.05) is 60.7 Å². The molecule has 0 saturated carbocycles. The molecule has 4 nitrogen and oxygen atoms in total. The van der Waals surface area contributed by atoms with Gasteiger partial charge in [-0.25, -0.2) is 4.79 Å². The van der Waals surface area contributed by atoms with Gasteiger partial charge in [-0.2, -0.15) is 0 Å². The third-order valence-corrected chi connectivity index (χ3v) is 6.77. The van der Waals surface area contributed by atoms with Crippen LogP contribution in [-0.2, 0) is 6.42 Å². The Hall–Kier alpha value is -2.33. The molecule has 0 bridgehead atoms. The molecule has 1 N–H and O–H groups in total. The second-order valence-electron chi connectivity index (χ2n) is 8.90. The summed E-state index contributed by atoms with van der Waals surface area (Å²) in [6.07, 6.45) is 3.05. The average Bonchev–Trinajstić information content (AvgIpc) is 2.73. The lowest BCUT2D eigenvalue weighted by Gasteiger charge is -2.62. The molecule has 1 atom stereocenters. The smallest absolute Gasteiger partial charge is 0.317 e. The van der Waals surface area contributed by atoms with Crippen LogP contribution in [0.5, 0.6) is 0 Å². The van der Waals surface area contributed by atoms with E-state index in [0.717, 1.165) is 38.9 Å². The van der Waals surface area contributed by atoms with Gasteiger partial charge >= 0.3 is 6.03 Å². The molecule has 0 radical (unpaired) electrons. The number of carbonyl (C=O) groups excluding carboxylic acids is 1. The van der Waals surface area contributed by atoms with Crippen LogP contribution in [0.4, 0.5) is 4.79 Å². The molecule has 2 fully saturated rings. The Balaban J connectivity index is 1.33. The summed E-state index contributed by atoms with van der Waals surface area (Å²) in [7, 11) is 0. The molecule has 0 aliphatic carbocycles. The van der Waals surface area contributed by atoms with E-state index in [9.17, 15) is 4.79 Å². The molecule has 2 aliphatic rings. The fraction of sp³-hybridized carbons (Fsp3) is 0.480. The highest BCUT2D eigenvalue weighted by Crippen LogP contribution is 2.55. The summed E-state index contributed by atoms with van der Waals surface area (Å²) >= 11 is 0. The fourth-order valence-corrected chi connectivity index (χ4v) is 5.10. The number of amides is 2. The predicted octanol–water partition coefficient (Wildman–Crippen LogP) is 4.49. The van der Waals surface area contributed by atoms with Crippen molar-refractivity contribution in [1.82, 2.24) is 15.1 Å². The Bertz CT molecular complexity index is 797. The average molecular weight is 392 g/mol. The molecule has 2 aromatic carbocycles. The molecule has 1 spiro atoms. The van der Waals surface area contributed by atoms with E-state index in [-0.39, 0.29) is 6.03 Å². The normalized spacial score (nSPS) is 21.2. The summed E-state index contributed by atoms with van der Waals surface area (Å²) in [6.45, 7) is 8.13. The molecule has 2 aromatic rings. The lowest BCUT2D eigenvalue weighted by atomic mass is 9.62. The first-order valence-electron chi connectivity index (χ1n) is 11.0. The van der Waals surface area contributed by atoms with E-state index in [2.05, 4.69) is 66.5 Å². The van der Waals surface area contributed by atoms with Crippen LogP contribution >= 0.6 is 0 Å². The van der Waals surface area contributed by atoms with Crippen molar-refractivity contribution >= 4 is 6.03 Å². The molecule has 29 heavy (non-hydrogen) atoms. The Morgan fingerprint density at radius 2 is 1.66 bits per heavy atom. The highest BCUT2D eigenvalue weighted by molar-refractivity contribution is 5.74. The quantitative estimate of drug-likeness (QED) is 0.815. The lowest BCUT2D eigenvalue weighted by molar-refractivity contribution is -0.123. The third-order valence-electron chi connectivity index (χ3n) is 6.77. The van der Waals surface area contributed by atoms with Crippen LogP contribution in [-0.4, -0.2) is 48.1 Å². The molecule has 0 aromatic heterocycles. The molecular weight excluding hydrogens is 358 g/mol. The van der Waals surface area contributed by atoms with E-state index >= 15 is 0 Å². The first kappa shape index (κ1) is 20.0. The zero-order chi connectivity index (χ0) is 20.3. The molecule has 2 aliphatic heterocycles. The Labute approximate surface area is 174 Å². The first-order chi connectivity index (χ1) is 14.1. The van der Waals surface area contributed by atoms with Gasteiger partial charge < -0.3 is 10.2 Å². The van der Waals surface area contributed by atoms with Crippen molar-refractivity contribution < 1.29 is 4.79 Å². The summed E-state index contributed by atoms with van der Waals surface area (Å²) in [5.74, 6) is 0. The number of piperidine rings is 1. The minimum absolute atomic E-state index is 0.0899. The van der Waals surface area contributed by atoms with Crippen LogP contribution in [0.2, 0.25) is 0 Å². The van der Waals surface area contributed by atoms with Crippen LogP contribution in [0.25, 0.3) is 0 Å². The maximum Gasteiger partial charge on any atom is 0.317 e. The van der Waals surface area contributed by atoms with Gasteiger partial charge in [0.25, 0.3) is 0 Å². The number of nitrogens with zero attached hydrogens (tertiary/aromatic N) is 2. The Kier molecular flexibility index (Phi) is 5.91. The number of urea groups is 1. The van der Waals surface area contributed by atoms with Crippen molar-refractivity contribution in [1.29, 1.82) is 0 Å². The first-order valence-corrected chi connectivity index (χ1v) is 11.0. The highest BCUT2D eigenvalue weighted by atomic mass is 16.2. The van der Waals surface area contributed by atoms with E-state index in [4.69, 9.17) is 0 Å². The number of hydrogen-bond donors (Lipinski definition) is 1. The van der Waals surface area contributed by atoms with Crippen LogP contribution < -0.4 is 5.32 Å². The van der Waals surface area contributed by atoms with E-state index < -0.39 is 0 Å². The van der Waals surface area contributed by atoms with Crippen LogP contribution in [0.3, 0.4) is 0 Å². The van der Waals surface area contributed by atoms with E-state index in [1.807, 2.05) is 23.1 Å². The van der Waals surface area contributed by atoms with Gasteiger partial charge in [-0.3, -0.25) is 4.90 Å². The Morgan fingerprint density at radius 3 is 2.28 bits per heavy atom. The number of likely N-dealkylation sites (tertiary alicyclic amines) is 2. The fourth-order valence-electron chi connectivity index (χ4n) is 5.10. The van der Waals surface area contributed by atoms with Gasteiger partial charge in [0, 0.05) is 43.7 Å². The largest absolute Gasteiger partial charge is 0.338 e. The molecule has 2 amide bonds. The second-order valence-corrected chi connectivity index (χ2v) is 8.90. The minimum Gasteiger partial charge on any atom is -0.338 e. The van der Waals surface area contributed by atoms with Gasteiger partial charge in [0.05, 0.1) is 0 Å². The third kappa shape index (κ3) is 4.18. The molecule has 1 unspecified atom stereocenters. The standard InChI is InChI=1S/C25H33N3O/c1-20(2)28-19-25(23(28)22-11-7-4-8-12-22)14-17-27(18-15-25)24(29)26-16-13-21-9-5-3-6-10-21/h3-12,20,23H,13-19H2,1-2H3,(H,26,29). The molecule has 2 saturated heterocycles. The van der Waals surface area contributed by atoms with Crippen LogP contribution in [0, 0.1) is 5.41 Å². The van der Waals surface area contributed by atoms with Crippen LogP contribution in [0.1, 0.15) is 43.9 Å². The minimum atomic E-state index is 0.0899. The summed E-state index contributed by atoms with van der Waals surface area (Å²) in [6, 6.07) is 22.4. The maximum atomic E-state index is 12.6. The zero-order valence-electron chi connectivity index (χ0n) is 17.7. The Morgan fingerprint density at radius 1 is 1.03 bits per heavy atom. The molecule has 4 rings (SSSR count). The van der Waals surface area contributed by atoms with Crippen LogP contribution in [0.15, 0.2) is 60.7 Å². The number of nitrogens with one attached hydrogen (secondary N) is 1. The number of hydrogen-bond acceptors (Lipinski definition) is 2. The highest BCUT2D eigenvalue weighted by Gasteiger charge is 2.54. The van der Waals surface area contributed by atoms with E-state index in [1.54, 1.807) is 0 Å². The maximum absolute atomic E-state index is 12.6. The predicted molar refractivity (Wildman–Crippen MR) is 118 cm³/mol. The molecule has 4 heteroatoms. The van der Waals surface area contributed by atoms with Gasteiger partial charge in [0.2, 0.25) is 0 Å². The summed E-state index contributed by atoms with van der Waals surface area (Å²) < 4.78 is 0.